The summed E-state index contributed by atoms with van der Waals surface area (Å²) in [5.41, 5.74) is 0.999. The Bertz CT molecular complexity index is 414. The number of nitro groups is 1. The van der Waals surface area contributed by atoms with E-state index in [1.54, 1.807) is 6.07 Å². The van der Waals surface area contributed by atoms with Crippen LogP contribution in [-0.4, -0.2) is 24.1 Å². The molecule has 1 heterocycles. The summed E-state index contributed by atoms with van der Waals surface area (Å²) in [7, 11) is 0. The van der Waals surface area contributed by atoms with Crippen LogP contribution in [0, 0.1) is 17.0 Å². The molecule has 92 valence electrons. The van der Waals surface area contributed by atoms with Crippen molar-refractivity contribution in [1.82, 2.24) is 5.32 Å². The fourth-order valence-electron chi connectivity index (χ4n) is 1.95. The van der Waals surface area contributed by atoms with Gasteiger partial charge >= 0.3 is 0 Å². The summed E-state index contributed by atoms with van der Waals surface area (Å²) in [6.07, 6.45) is 2.27. The van der Waals surface area contributed by atoms with Crippen LogP contribution >= 0.6 is 0 Å². The van der Waals surface area contributed by atoms with E-state index in [2.05, 4.69) is 5.32 Å². The number of nitrogens with one attached hydrogen (secondary N) is 1. The number of ether oxygens (including phenoxy) is 1. The highest BCUT2D eigenvalue weighted by Crippen LogP contribution is 2.24. The van der Waals surface area contributed by atoms with E-state index in [1.807, 2.05) is 6.92 Å². The van der Waals surface area contributed by atoms with Crippen molar-refractivity contribution >= 4 is 5.69 Å². The Hall–Kier alpha value is -1.62. The number of aryl methyl sites for hydroxylation is 1. The molecule has 1 fully saturated rings. The van der Waals surface area contributed by atoms with Gasteiger partial charge in [-0.2, -0.15) is 0 Å². The summed E-state index contributed by atoms with van der Waals surface area (Å²) in [5, 5.41) is 14.0. The maximum Gasteiger partial charge on any atom is 0.273 e. The molecule has 2 rings (SSSR count). The second-order valence-corrected chi connectivity index (χ2v) is 4.31. The van der Waals surface area contributed by atoms with Crippen LogP contribution in [0.3, 0.4) is 0 Å². The molecule has 5 heteroatoms. The number of hydrogen-bond acceptors (Lipinski definition) is 4. The average Bonchev–Trinajstić information content (AvgIpc) is 2.80. The Kier molecular flexibility index (Phi) is 3.58. The first-order valence-electron chi connectivity index (χ1n) is 5.78. The number of rotatable bonds is 4. The van der Waals surface area contributed by atoms with Gasteiger partial charge in [-0.1, -0.05) is 0 Å². The molecule has 0 saturated carbocycles. The van der Waals surface area contributed by atoms with Crippen LogP contribution in [0.1, 0.15) is 18.4 Å². The fourth-order valence-corrected chi connectivity index (χ4v) is 1.95. The molecule has 1 aliphatic rings. The zero-order valence-corrected chi connectivity index (χ0v) is 9.81. The molecular weight excluding hydrogens is 220 g/mol. The molecular formula is C12H16N2O3. The Morgan fingerprint density at radius 2 is 2.41 bits per heavy atom. The van der Waals surface area contributed by atoms with E-state index in [0.29, 0.717) is 18.4 Å². The van der Waals surface area contributed by atoms with Gasteiger partial charge in [0, 0.05) is 12.1 Å². The van der Waals surface area contributed by atoms with Gasteiger partial charge in [0.05, 0.1) is 11.0 Å². The molecule has 1 aromatic rings. The third-order valence-electron chi connectivity index (χ3n) is 2.98. The van der Waals surface area contributed by atoms with E-state index >= 15 is 0 Å². The molecule has 1 aliphatic heterocycles. The quantitative estimate of drug-likeness (QED) is 0.641. The summed E-state index contributed by atoms with van der Waals surface area (Å²) in [4.78, 5) is 10.3. The number of nitro benzene ring substituents is 1. The molecule has 1 atom stereocenters. The lowest BCUT2D eigenvalue weighted by Gasteiger charge is -2.13. The van der Waals surface area contributed by atoms with E-state index < -0.39 is 4.92 Å². The molecule has 0 unspecified atom stereocenters. The molecule has 5 nitrogen and oxygen atoms in total. The van der Waals surface area contributed by atoms with Crippen LogP contribution in [0.2, 0.25) is 0 Å². The highest BCUT2D eigenvalue weighted by molar-refractivity contribution is 5.43. The predicted octanol–water partition coefficient (Wildman–Crippen LogP) is 2.03. The highest BCUT2D eigenvalue weighted by Gasteiger charge is 2.16. The van der Waals surface area contributed by atoms with Crippen molar-refractivity contribution < 1.29 is 9.66 Å². The number of nitrogens with zero attached hydrogens (tertiary/aromatic N) is 1. The summed E-state index contributed by atoms with van der Waals surface area (Å²) in [5.74, 6) is 0.605. The predicted molar refractivity (Wildman–Crippen MR) is 64.4 cm³/mol. The highest BCUT2D eigenvalue weighted by atomic mass is 16.6. The first-order chi connectivity index (χ1) is 8.16. The molecule has 17 heavy (non-hydrogen) atoms. The molecule has 0 amide bonds. The molecule has 1 saturated heterocycles. The average molecular weight is 236 g/mol. The minimum atomic E-state index is -0.403. The van der Waals surface area contributed by atoms with Gasteiger partial charge in [-0.05, 0) is 37.9 Å². The Balaban J connectivity index is 2.03. The Morgan fingerprint density at radius 1 is 1.59 bits per heavy atom. The monoisotopic (exact) mass is 236 g/mol. The van der Waals surface area contributed by atoms with Crippen LogP contribution in [0.15, 0.2) is 18.2 Å². The molecule has 0 aliphatic carbocycles. The Labute approximate surface area is 99.9 Å². The lowest BCUT2D eigenvalue weighted by Crippen LogP contribution is -2.28. The summed E-state index contributed by atoms with van der Waals surface area (Å²) < 4.78 is 5.64. The van der Waals surface area contributed by atoms with Crippen LogP contribution < -0.4 is 10.1 Å². The summed E-state index contributed by atoms with van der Waals surface area (Å²) in [6, 6.07) is 5.07. The molecule has 0 spiro atoms. The van der Waals surface area contributed by atoms with E-state index in [4.69, 9.17) is 4.74 Å². The largest absolute Gasteiger partial charge is 0.491 e. The third-order valence-corrected chi connectivity index (χ3v) is 2.98. The van der Waals surface area contributed by atoms with Gasteiger partial charge in [0.15, 0.2) is 0 Å². The van der Waals surface area contributed by atoms with E-state index in [0.717, 1.165) is 18.5 Å². The van der Waals surface area contributed by atoms with Crippen LogP contribution in [0.5, 0.6) is 5.75 Å². The molecule has 0 radical (unpaired) electrons. The smallest absolute Gasteiger partial charge is 0.273 e. The van der Waals surface area contributed by atoms with Crippen molar-refractivity contribution in [3.8, 4) is 5.75 Å². The fraction of sp³-hybridized carbons (Fsp3) is 0.500. The van der Waals surface area contributed by atoms with Crippen molar-refractivity contribution in [3.05, 3.63) is 33.9 Å². The maximum absolute atomic E-state index is 10.7. The Morgan fingerprint density at radius 3 is 3.06 bits per heavy atom. The second-order valence-electron chi connectivity index (χ2n) is 4.31. The van der Waals surface area contributed by atoms with Crippen molar-refractivity contribution in [1.29, 1.82) is 0 Å². The topological polar surface area (TPSA) is 64.4 Å². The summed E-state index contributed by atoms with van der Waals surface area (Å²) in [6.45, 7) is 3.49. The zero-order valence-electron chi connectivity index (χ0n) is 9.81. The maximum atomic E-state index is 10.7. The summed E-state index contributed by atoms with van der Waals surface area (Å²) >= 11 is 0. The normalized spacial score (nSPS) is 19.2. The third kappa shape index (κ3) is 2.94. The van der Waals surface area contributed by atoms with Crippen molar-refractivity contribution in [2.75, 3.05) is 13.2 Å². The lowest BCUT2D eigenvalue weighted by molar-refractivity contribution is -0.384. The van der Waals surface area contributed by atoms with Gasteiger partial charge < -0.3 is 10.1 Å². The van der Waals surface area contributed by atoms with Crippen LogP contribution in [0.4, 0.5) is 5.69 Å². The SMILES string of the molecule is Cc1ccc([N+](=O)[O-])cc1OC[C@@H]1CCCN1. The van der Waals surface area contributed by atoms with Crippen molar-refractivity contribution in [2.45, 2.75) is 25.8 Å². The lowest BCUT2D eigenvalue weighted by atomic mass is 10.2. The molecule has 1 N–H and O–H groups in total. The first-order valence-corrected chi connectivity index (χ1v) is 5.78. The van der Waals surface area contributed by atoms with Crippen LogP contribution in [0.25, 0.3) is 0 Å². The number of non-ortho nitro benzene ring substituents is 1. The van der Waals surface area contributed by atoms with Gasteiger partial charge in [-0.15, -0.1) is 0 Å². The van der Waals surface area contributed by atoms with E-state index in [9.17, 15) is 10.1 Å². The van der Waals surface area contributed by atoms with E-state index in [-0.39, 0.29) is 5.69 Å². The van der Waals surface area contributed by atoms with E-state index in [1.165, 1.54) is 18.6 Å². The van der Waals surface area contributed by atoms with Crippen LogP contribution in [-0.2, 0) is 0 Å². The van der Waals surface area contributed by atoms with Crippen molar-refractivity contribution in [2.24, 2.45) is 0 Å². The number of hydrogen-bond donors (Lipinski definition) is 1. The van der Waals surface area contributed by atoms with Gasteiger partial charge in [-0.25, -0.2) is 0 Å². The first kappa shape index (κ1) is 11.9. The van der Waals surface area contributed by atoms with Crippen molar-refractivity contribution in [3.63, 3.8) is 0 Å². The minimum absolute atomic E-state index is 0.0741. The zero-order chi connectivity index (χ0) is 12.3. The number of benzene rings is 1. The van der Waals surface area contributed by atoms with Gasteiger partial charge in [0.1, 0.15) is 12.4 Å². The standard InChI is InChI=1S/C12H16N2O3/c1-9-4-5-11(14(15)16)7-12(9)17-8-10-3-2-6-13-10/h4-5,7,10,13H,2-3,6,8H2,1H3/t10-/m0/s1. The second kappa shape index (κ2) is 5.14. The molecule has 0 bridgehead atoms. The molecule has 0 aromatic heterocycles. The van der Waals surface area contributed by atoms with Gasteiger partial charge in [-0.3, -0.25) is 10.1 Å². The minimum Gasteiger partial charge on any atom is -0.491 e. The van der Waals surface area contributed by atoms with Gasteiger partial charge in [0.25, 0.3) is 5.69 Å². The van der Waals surface area contributed by atoms with Gasteiger partial charge in [0.2, 0.25) is 0 Å². The molecule has 1 aromatic carbocycles.